The molecule has 7 heteroatoms. The maximum absolute atomic E-state index is 11.0. The van der Waals surface area contributed by atoms with Crippen molar-refractivity contribution in [2.75, 3.05) is 6.61 Å². The average Bonchev–Trinajstić information content (AvgIpc) is 2.72. The Morgan fingerprint density at radius 2 is 2.44 bits per heavy atom. The van der Waals surface area contributed by atoms with Crippen LogP contribution in [0.1, 0.15) is 16.2 Å². The van der Waals surface area contributed by atoms with Crippen molar-refractivity contribution in [3.05, 3.63) is 30.2 Å². The standard InChI is InChI=1S/C9H10N2O5/c1-2-3-15-9(14)10-5-6-4-7(8(12)13)11-16-6/h2,4H,1,3,5H2,(H,10,14)(H,12,13). The van der Waals surface area contributed by atoms with E-state index in [4.69, 9.17) is 5.11 Å². The molecule has 0 aliphatic carbocycles. The summed E-state index contributed by atoms with van der Waals surface area (Å²) in [4.78, 5) is 21.4. The van der Waals surface area contributed by atoms with Gasteiger partial charge in [0.1, 0.15) is 6.61 Å². The molecular weight excluding hydrogens is 216 g/mol. The van der Waals surface area contributed by atoms with E-state index in [0.29, 0.717) is 0 Å². The highest BCUT2D eigenvalue weighted by Crippen LogP contribution is 2.02. The van der Waals surface area contributed by atoms with E-state index < -0.39 is 12.1 Å². The number of ether oxygens (including phenoxy) is 1. The third-order valence-corrected chi connectivity index (χ3v) is 1.52. The van der Waals surface area contributed by atoms with Crippen molar-refractivity contribution in [3.8, 4) is 0 Å². The van der Waals surface area contributed by atoms with Gasteiger partial charge in [-0.3, -0.25) is 0 Å². The van der Waals surface area contributed by atoms with E-state index in [0.717, 1.165) is 0 Å². The third kappa shape index (κ3) is 3.45. The molecule has 0 radical (unpaired) electrons. The quantitative estimate of drug-likeness (QED) is 0.719. The van der Waals surface area contributed by atoms with Gasteiger partial charge in [-0.1, -0.05) is 17.8 Å². The highest BCUT2D eigenvalue weighted by atomic mass is 16.5. The van der Waals surface area contributed by atoms with Gasteiger partial charge < -0.3 is 19.7 Å². The maximum Gasteiger partial charge on any atom is 0.407 e. The van der Waals surface area contributed by atoms with E-state index in [1.165, 1.54) is 12.1 Å². The zero-order valence-electron chi connectivity index (χ0n) is 8.30. The fraction of sp³-hybridized carbons (Fsp3) is 0.222. The molecule has 1 rings (SSSR count). The van der Waals surface area contributed by atoms with Gasteiger partial charge in [0.2, 0.25) is 0 Å². The number of alkyl carbamates (subject to hydrolysis) is 1. The zero-order valence-corrected chi connectivity index (χ0v) is 8.30. The minimum Gasteiger partial charge on any atom is -0.476 e. The summed E-state index contributed by atoms with van der Waals surface area (Å²) in [7, 11) is 0. The molecule has 1 amide bonds. The summed E-state index contributed by atoms with van der Waals surface area (Å²) in [6.07, 6.45) is 0.782. The summed E-state index contributed by atoms with van der Waals surface area (Å²) >= 11 is 0. The molecule has 1 aromatic rings. The molecule has 86 valence electrons. The number of nitrogens with one attached hydrogen (secondary N) is 1. The molecule has 0 aliphatic heterocycles. The normalized spacial score (nSPS) is 9.50. The molecule has 0 fully saturated rings. The van der Waals surface area contributed by atoms with E-state index in [2.05, 4.69) is 26.3 Å². The number of carboxylic acids is 1. The molecule has 0 aromatic carbocycles. The van der Waals surface area contributed by atoms with E-state index in [1.807, 2.05) is 0 Å². The summed E-state index contributed by atoms with van der Waals surface area (Å²) in [6, 6.07) is 1.22. The molecule has 0 bridgehead atoms. The van der Waals surface area contributed by atoms with Crippen molar-refractivity contribution < 1.29 is 24.0 Å². The number of hydrogen-bond donors (Lipinski definition) is 2. The molecule has 7 nitrogen and oxygen atoms in total. The monoisotopic (exact) mass is 226 g/mol. The summed E-state index contributed by atoms with van der Waals surface area (Å²) in [5.74, 6) is -0.961. The Balaban J connectivity index is 2.39. The minimum absolute atomic E-state index is 0.0102. The fourth-order valence-electron chi connectivity index (χ4n) is 0.842. The van der Waals surface area contributed by atoms with Gasteiger partial charge in [0.25, 0.3) is 0 Å². The summed E-state index contributed by atoms with van der Waals surface area (Å²) in [6.45, 7) is 3.48. The topological polar surface area (TPSA) is 102 Å². The van der Waals surface area contributed by atoms with Crippen LogP contribution < -0.4 is 5.32 Å². The van der Waals surface area contributed by atoms with Crippen molar-refractivity contribution >= 4 is 12.1 Å². The van der Waals surface area contributed by atoms with E-state index in [1.54, 1.807) is 0 Å². The first kappa shape index (κ1) is 11.8. The second-order valence-electron chi connectivity index (χ2n) is 2.72. The zero-order chi connectivity index (χ0) is 12.0. The van der Waals surface area contributed by atoms with Crippen LogP contribution in [0.3, 0.4) is 0 Å². The van der Waals surface area contributed by atoms with E-state index in [9.17, 15) is 9.59 Å². The Kier molecular flexibility index (Phi) is 4.07. The van der Waals surface area contributed by atoms with Crippen LogP contribution in [-0.2, 0) is 11.3 Å². The number of rotatable bonds is 5. The second-order valence-corrected chi connectivity index (χ2v) is 2.72. The Morgan fingerprint density at radius 1 is 1.69 bits per heavy atom. The Labute approximate surface area is 90.7 Å². The van der Waals surface area contributed by atoms with Gasteiger partial charge >= 0.3 is 12.1 Å². The van der Waals surface area contributed by atoms with Crippen LogP contribution in [-0.4, -0.2) is 28.9 Å². The van der Waals surface area contributed by atoms with Crippen molar-refractivity contribution in [2.24, 2.45) is 0 Å². The lowest BCUT2D eigenvalue weighted by Crippen LogP contribution is -2.23. The molecule has 0 saturated heterocycles. The number of aromatic nitrogens is 1. The largest absolute Gasteiger partial charge is 0.476 e. The smallest absolute Gasteiger partial charge is 0.407 e. The van der Waals surface area contributed by atoms with E-state index in [-0.39, 0.29) is 24.6 Å². The van der Waals surface area contributed by atoms with Gasteiger partial charge in [0.05, 0.1) is 6.54 Å². The van der Waals surface area contributed by atoms with Crippen LogP contribution in [0.4, 0.5) is 4.79 Å². The number of carboxylic acid groups (broad SMARTS) is 1. The van der Waals surface area contributed by atoms with Gasteiger partial charge in [-0.15, -0.1) is 0 Å². The predicted molar refractivity (Wildman–Crippen MR) is 51.8 cm³/mol. The number of nitrogens with zero attached hydrogens (tertiary/aromatic N) is 1. The van der Waals surface area contributed by atoms with Crippen molar-refractivity contribution in [1.29, 1.82) is 0 Å². The Hall–Kier alpha value is -2.31. The summed E-state index contributed by atoms with van der Waals surface area (Å²) in [5, 5.41) is 14.2. The van der Waals surface area contributed by atoms with Crippen LogP contribution in [0.25, 0.3) is 0 Å². The first-order valence-corrected chi connectivity index (χ1v) is 4.34. The van der Waals surface area contributed by atoms with Crippen LogP contribution in [0.5, 0.6) is 0 Å². The lowest BCUT2D eigenvalue weighted by Gasteiger charge is -2.01. The maximum atomic E-state index is 11.0. The molecular formula is C9H10N2O5. The molecule has 0 atom stereocenters. The molecule has 0 saturated carbocycles. The number of carbonyl (C=O) groups is 2. The van der Waals surface area contributed by atoms with Gasteiger partial charge in [-0.25, -0.2) is 9.59 Å². The highest BCUT2D eigenvalue weighted by molar-refractivity contribution is 5.85. The molecule has 1 heterocycles. The Bertz CT molecular complexity index is 398. The fourth-order valence-corrected chi connectivity index (χ4v) is 0.842. The van der Waals surface area contributed by atoms with Gasteiger partial charge in [0, 0.05) is 6.07 Å². The lowest BCUT2D eigenvalue weighted by molar-refractivity contribution is 0.0685. The van der Waals surface area contributed by atoms with Crippen LogP contribution in [0.15, 0.2) is 23.2 Å². The SMILES string of the molecule is C=CCOC(=O)NCc1cc(C(=O)O)no1. The van der Waals surface area contributed by atoms with Gasteiger partial charge in [-0.2, -0.15) is 0 Å². The molecule has 0 spiro atoms. The molecule has 0 aliphatic rings. The molecule has 0 unspecified atom stereocenters. The number of amides is 1. The predicted octanol–water partition coefficient (Wildman–Crippen LogP) is 0.785. The number of aromatic carboxylic acids is 1. The average molecular weight is 226 g/mol. The second kappa shape index (κ2) is 5.54. The number of carbonyl (C=O) groups excluding carboxylic acids is 1. The lowest BCUT2D eigenvalue weighted by atomic mass is 10.3. The third-order valence-electron chi connectivity index (χ3n) is 1.52. The first-order valence-electron chi connectivity index (χ1n) is 4.34. The minimum atomic E-state index is -1.19. The molecule has 1 aromatic heterocycles. The van der Waals surface area contributed by atoms with Crippen LogP contribution in [0, 0.1) is 0 Å². The van der Waals surface area contributed by atoms with Crippen molar-refractivity contribution in [3.63, 3.8) is 0 Å². The van der Waals surface area contributed by atoms with E-state index >= 15 is 0 Å². The number of hydrogen-bond acceptors (Lipinski definition) is 5. The summed E-state index contributed by atoms with van der Waals surface area (Å²) < 4.78 is 9.28. The van der Waals surface area contributed by atoms with Crippen molar-refractivity contribution in [2.45, 2.75) is 6.54 Å². The molecule has 2 N–H and O–H groups in total. The Morgan fingerprint density at radius 3 is 3.00 bits per heavy atom. The van der Waals surface area contributed by atoms with Crippen LogP contribution in [0.2, 0.25) is 0 Å². The first-order chi connectivity index (χ1) is 7.63. The van der Waals surface area contributed by atoms with Crippen LogP contribution >= 0.6 is 0 Å². The molecule has 16 heavy (non-hydrogen) atoms. The van der Waals surface area contributed by atoms with Gasteiger partial charge in [-0.05, 0) is 0 Å². The van der Waals surface area contributed by atoms with Gasteiger partial charge in [0.15, 0.2) is 11.5 Å². The van der Waals surface area contributed by atoms with Crippen molar-refractivity contribution in [1.82, 2.24) is 10.5 Å². The summed E-state index contributed by atoms with van der Waals surface area (Å²) in [5.41, 5.74) is -0.212. The highest BCUT2D eigenvalue weighted by Gasteiger charge is 2.11.